The topological polar surface area (TPSA) is 95.5 Å². The van der Waals surface area contributed by atoms with Crippen LogP contribution in [0.1, 0.15) is 63.4 Å². The molecule has 3 aliphatic carbocycles. The van der Waals surface area contributed by atoms with E-state index < -0.39 is 15.9 Å². The quantitative estimate of drug-likeness (QED) is 0.341. The van der Waals surface area contributed by atoms with E-state index >= 15 is 0 Å². The van der Waals surface area contributed by atoms with Crippen molar-refractivity contribution in [2.45, 2.75) is 69.1 Å². The van der Waals surface area contributed by atoms with Gasteiger partial charge in [0.15, 0.2) is 0 Å². The molecule has 0 spiro atoms. The highest BCUT2D eigenvalue weighted by molar-refractivity contribution is 7.89. The summed E-state index contributed by atoms with van der Waals surface area (Å²) in [5.74, 6) is 2.23. The molecule has 1 aromatic rings. The largest absolute Gasteiger partial charge is 0.289 e. The number of hydroxylamine groups is 1. The maximum absolute atomic E-state index is 12.6. The summed E-state index contributed by atoms with van der Waals surface area (Å²) in [6, 6.07) is 6.21. The predicted molar refractivity (Wildman–Crippen MR) is 110 cm³/mol. The summed E-state index contributed by atoms with van der Waals surface area (Å²) in [7, 11) is -3.55. The molecule has 3 N–H and O–H groups in total. The van der Waals surface area contributed by atoms with Crippen LogP contribution in [0.15, 0.2) is 29.2 Å². The predicted octanol–water partition coefficient (Wildman–Crippen LogP) is 3.40. The van der Waals surface area contributed by atoms with Crippen LogP contribution in [0.3, 0.4) is 0 Å². The number of carbonyl (C=O) groups excluding carboxylic acids is 1. The zero-order valence-electron chi connectivity index (χ0n) is 16.9. The van der Waals surface area contributed by atoms with Crippen LogP contribution >= 0.6 is 0 Å². The van der Waals surface area contributed by atoms with Gasteiger partial charge in [0.1, 0.15) is 0 Å². The molecule has 1 amide bonds. The Kier molecular flexibility index (Phi) is 6.00. The first-order valence-corrected chi connectivity index (χ1v) is 12.4. The maximum atomic E-state index is 12.6. The van der Waals surface area contributed by atoms with Gasteiger partial charge in [-0.1, -0.05) is 31.4 Å². The molecule has 0 heterocycles. The molecule has 160 valence electrons. The minimum atomic E-state index is -3.55. The molecule has 4 atom stereocenters. The van der Waals surface area contributed by atoms with Crippen molar-refractivity contribution < 1.29 is 18.4 Å². The normalized spacial score (nSPS) is 30.9. The minimum absolute atomic E-state index is 0.00925. The van der Waals surface area contributed by atoms with Crippen molar-refractivity contribution in [2.24, 2.45) is 23.2 Å². The summed E-state index contributed by atoms with van der Waals surface area (Å²) in [6.07, 6.45) is 11.8. The van der Waals surface area contributed by atoms with Crippen LogP contribution < -0.4 is 10.2 Å². The summed E-state index contributed by atoms with van der Waals surface area (Å²) in [5.41, 5.74) is 2.69. The Morgan fingerprint density at radius 2 is 1.86 bits per heavy atom. The monoisotopic (exact) mass is 420 g/mol. The van der Waals surface area contributed by atoms with Gasteiger partial charge >= 0.3 is 0 Å². The van der Waals surface area contributed by atoms with Crippen molar-refractivity contribution in [1.29, 1.82) is 0 Å². The molecule has 3 fully saturated rings. The lowest BCUT2D eigenvalue weighted by Crippen LogP contribution is -2.29. The van der Waals surface area contributed by atoms with E-state index in [1.807, 2.05) is 0 Å². The Hall–Kier alpha value is -1.44. The summed E-state index contributed by atoms with van der Waals surface area (Å²) in [6.45, 7) is 0.471. The number of nitrogens with one attached hydrogen (secondary N) is 2. The summed E-state index contributed by atoms with van der Waals surface area (Å²) < 4.78 is 27.9. The lowest BCUT2D eigenvalue weighted by atomic mass is 9.67. The zero-order chi connectivity index (χ0) is 20.5. The first-order valence-electron chi connectivity index (χ1n) is 10.9. The molecular weight excluding hydrogens is 388 g/mol. The molecular formula is C22H32N2O4S. The number of hydrogen-bond donors (Lipinski definition) is 3. The average Bonchev–Trinajstić information content (AvgIpc) is 2.86. The molecule has 4 unspecified atom stereocenters. The van der Waals surface area contributed by atoms with E-state index in [0.717, 1.165) is 30.6 Å². The van der Waals surface area contributed by atoms with Crippen LogP contribution in [-0.4, -0.2) is 26.1 Å². The van der Waals surface area contributed by atoms with Crippen molar-refractivity contribution >= 4 is 15.9 Å². The standard InChI is InChI=1S/C22H32N2O4S/c25-21(24-26)12-16-5-7-20(8-6-16)29(27,28)23-10-2-9-22-13-17-3-1-4-18(14-22)19(11-17)15-22/h5-8,17-19,23,26H,1-4,9-15H2,(H,24,25). The first kappa shape index (κ1) is 20.8. The number of fused-ring (bicyclic) bond motifs is 2. The molecule has 29 heavy (non-hydrogen) atoms. The Balaban J connectivity index is 1.28. The molecule has 0 radical (unpaired) electrons. The van der Waals surface area contributed by atoms with E-state index in [1.54, 1.807) is 17.6 Å². The second-order valence-corrected chi connectivity index (χ2v) is 11.3. The number of benzene rings is 1. The van der Waals surface area contributed by atoms with Crippen molar-refractivity contribution in [3.05, 3.63) is 29.8 Å². The van der Waals surface area contributed by atoms with Gasteiger partial charge < -0.3 is 0 Å². The van der Waals surface area contributed by atoms with Gasteiger partial charge in [-0.05, 0) is 79.4 Å². The molecule has 4 rings (SSSR count). The summed E-state index contributed by atoms with van der Waals surface area (Å²) >= 11 is 0. The average molecular weight is 421 g/mol. The second kappa shape index (κ2) is 8.36. The molecule has 3 bridgehead atoms. The van der Waals surface area contributed by atoms with Gasteiger partial charge in [-0.25, -0.2) is 18.6 Å². The Morgan fingerprint density at radius 1 is 1.10 bits per heavy atom. The fourth-order valence-electron chi connectivity index (χ4n) is 6.39. The van der Waals surface area contributed by atoms with Crippen LogP contribution in [0.4, 0.5) is 0 Å². The Bertz CT molecular complexity index is 835. The van der Waals surface area contributed by atoms with E-state index in [-0.39, 0.29) is 11.3 Å². The summed E-state index contributed by atoms with van der Waals surface area (Å²) in [5, 5.41) is 8.57. The van der Waals surface area contributed by atoms with Crippen LogP contribution in [0.2, 0.25) is 0 Å². The van der Waals surface area contributed by atoms with Crippen LogP contribution in [0.5, 0.6) is 0 Å². The number of sulfonamides is 1. The van der Waals surface area contributed by atoms with Gasteiger partial charge in [0.05, 0.1) is 11.3 Å². The molecule has 0 aromatic heterocycles. The van der Waals surface area contributed by atoms with Gasteiger partial charge in [0.25, 0.3) is 0 Å². The number of amides is 1. The molecule has 3 aliphatic rings. The third-order valence-electron chi connectivity index (χ3n) is 7.50. The van der Waals surface area contributed by atoms with Crippen molar-refractivity contribution in [3.63, 3.8) is 0 Å². The minimum Gasteiger partial charge on any atom is -0.289 e. The van der Waals surface area contributed by atoms with Gasteiger partial charge in [-0.15, -0.1) is 0 Å². The van der Waals surface area contributed by atoms with E-state index in [4.69, 9.17) is 5.21 Å². The van der Waals surface area contributed by atoms with Gasteiger partial charge in [-0.2, -0.15) is 0 Å². The van der Waals surface area contributed by atoms with Crippen molar-refractivity contribution in [1.82, 2.24) is 10.2 Å². The highest BCUT2D eigenvalue weighted by Crippen LogP contribution is 2.61. The highest BCUT2D eigenvalue weighted by atomic mass is 32.2. The molecule has 0 aliphatic heterocycles. The zero-order valence-corrected chi connectivity index (χ0v) is 17.7. The van der Waals surface area contributed by atoms with Crippen LogP contribution in [0.25, 0.3) is 0 Å². The molecule has 6 nitrogen and oxygen atoms in total. The number of carbonyl (C=O) groups is 1. The van der Waals surface area contributed by atoms with Gasteiger partial charge in [0.2, 0.25) is 15.9 Å². The molecule has 1 aromatic carbocycles. The van der Waals surface area contributed by atoms with E-state index in [2.05, 4.69) is 4.72 Å². The lowest BCUT2D eigenvalue weighted by molar-refractivity contribution is -0.128. The molecule has 0 saturated heterocycles. The van der Waals surface area contributed by atoms with Crippen molar-refractivity contribution in [3.8, 4) is 0 Å². The fraction of sp³-hybridized carbons (Fsp3) is 0.682. The fourth-order valence-corrected chi connectivity index (χ4v) is 7.47. The Labute approximate surface area is 173 Å². The van der Waals surface area contributed by atoms with Gasteiger partial charge in [-0.3, -0.25) is 10.0 Å². The number of hydrogen-bond acceptors (Lipinski definition) is 4. The SMILES string of the molecule is O=C(Cc1ccc(S(=O)(=O)NCCCC23CC4CCCC(C2)C(C4)C3)cc1)NO. The first-order chi connectivity index (χ1) is 13.9. The van der Waals surface area contributed by atoms with Crippen LogP contribution in [-0.2, 0) is 21.2 Å². The van der Waals surface area contributed by atoms with E-state index in [1.165, 1.54) is 57.1 Å². The third-order valence-corrected chi connectivity index (χ3v) is 8.98. The Morgan fingerprint density at radius 3 is 2.62 bits per heavy atom. The smallest absolute Gasteiger partial charge is 0.247 e. The molecule has 7 heteroatoms. The third kappa shape index (κ3) is 4.67. The second-order valence-electron chi connectivity index (χ2n) is 9.52. The number of rotatable bonds is 8. The van der Waals surface area contributed by atoms with Crippen LogP contribution in [0, 0.1) is 23.2 Å². The molecule has 3 saturated carbocycles. The van der Waals surface area contributed by atoms with E-state index in [0.29, 0.717) is 17.5 Å². The van der Waals surface area contributed by atoms with E-state index in [9.17, 15) is 13.2 Å². The van der Waals surface area contributed by atoms with Crippen molar-refractivity contribution in [2.75, 3.05) is 6.54 Å². The lowest BCUT2D eigenvalue weighted by Gasteiger charge is -2.38. The maximum Gasteiger partial charge on any atom is 0.247 e. The summed E-state index contributed by atoms with van der Waals surface area (Å²) in [4.78, 5) is 11.4. The highest BCUT2D eigenvalue weighted by Gasteiger charge is 2.50. The van der Waals surface area contributed by atoms with Gasteiger partial charge in [0, 0.05) is 6.54 Å².